The Morgan fingerprint density at radius 1 is 0.714 bits per heavy atom. The van der Waals surface area contributed by atoms with Crippen molar-refractivity contribution in [2.24, 2.45) is 0 Å². The van der Waals surface area contributed by atoms with Gasteiger partial charge >= 0.3 is 0 Å². The van der Waals surface area contributed by atoms with Crippen molar-refractivity contribution in [1.82, 2.24) is 0 Å². The molecule has 0 fully saturated rings. The lowest BCUT2D eigenvalue weighted by Crippen LogP contribution is -2.48. The fourth-order valence-corrected chi connectivity index (χ4v) is 5.00. The molecule has 28 heavy (non-hydrogen) atoms. The molecule has 0 saturated carbocycles. The van der Waals surface area contributed by atoms with E-state index in [0.717, 1.165) is 21.5 Å². The molecule has 4 aromatic rings. The molecule has 0 spiro atoms. The molecule has 6 rings (SSSR count). The first-order chi connectivity index (χ1) is 13.5. The SMILES string of the molecule is O=C1c2cc3ccccc3cc2[C@@]2(O)[C@H](O)c3cc4ccccc4cc3[C@@]12O. The van der Waals surface area contributed by atoms with Gasteiger partial charge in [0.2, 0.25) is 5.78 Å². The van der Waals surface area contributed by atoms with Gasteiger partial charge in [0.25, 0.3) is 0 Å². The van der Waals surface area contributed by atoms with Gasteiger partial charge in [-0.2, -0.15) is 0 Å². The van der Waals surface area contributed by atoms with Gasteiger partial charge in [-0.3, -0.25) is 4.79 Å². The molecule has 136 valence electrons. The van der Waals surface area contributed by atoms with Gasteiger partial charge in [-0.25, -0.2) is 0 Å². The number of hydrogen-bond donors (Lipinski definition) is 3. The summed E-state index contributed by atoms with van der Waals surface area (Å²) < 4.78 is 0. The first-order valence-corrected chi connectivity index (χ1v) is 9.20. The predicted octanol–water partition coefficient (Wildman–Crippen LogP) is 3.31. The van der Waals surface area contributed by atoms with Crippen molar-refractivity contribution in [1.29, 1.82) is 0 Å². The molecule has 0 bridgehead atoms. The molecule has 4 nitrogen and oxygen atoms in total. The highest BCUT2D eigenvalue weighted by molar-refractivity contribution is 6.12. The number of aliphatic hydroxyl groups is 3. The number of hydrogen-bond acceptors (Lipinski definition) is 4. The number of fused-ring (bicyclic) bond motifs is 7. The Balaban J connectivity index is 1.71. The second-order valence-corrected chi connectivity index (χ2v) is 7.74. The van der Waals surface area contributed by atoms with Crippen LogP contribution in [-0.4, -0.2) is 21.1 Å². The average Bonchev–Trinajstić information content (AvgIpc) is 3.00. The molecule has 4 heteroatoms. The minimum atomic E-state index is -2.22. The van der Waals surface area contributed by atoms with Crippen molar-refractivity contribution in [3.05, 3.63) is 95.1 Å². The van der Waals surface area contributed by atoms with Crippen LogP contribution in [0.2, 0.25) is 0 Å². The van der Waals surface area contributed by atoms with E-state index in [4.69, 9.17) is 0 Å². The Morgan fingerprint density at radius 3 is 1.82 bits per heavy atom. The van der Waals surface area contributed by atoms with Crippen LogP contribution in [0, 0.1) is 0 Å². The van der Waals surface area contributed by atoms with E-state index in [9.17, 15) is 20.1 Å². The molecule has 0 heterocycles. The highest BCUT2D eigenvalue weighted by Crippen LogP contribution is 2.62. The number of carbonyl (C=O) groups is 1. The van der Waals surface area contributed by atoms with Gasteiger partial charge in [0.15, 0.2) is 11.2 Å². The fourth-order valence-electron chi connectivity index (χ4n) is 5.00. The van der Waals surface area contributed by atoms with Crippen LogP contribution >= 0.6 is 0 Å². The number of carbonyl (C=O) groups excluding carboxylic acids is 1. The number of rotatable bonds is 0. The summed E-state index contributed by atoms with van der Waals surface area (Å²) in [5, 5.41) is 37.8. The van der Waals surface area contributed by atoms with Crippen LogP contribution in [0.1, 0.15) is 33.2 Å². The monoisotopic (exact) mass is 368 g/mol. The molecular formula is C24H16O4. The second-order valence-electron chi connectivity index (χ2n) is 7.74. The fraction of sp³-hybridized carbons (Fsp3) is 0.125. The smallest absolute Gasteiger partial charge is 0.202 e. The number of ketones is 1. The molecule has 3 atom stereocenters. The van der Waals surface area contributed by atoms with Crippen molar-refractivity contribution in [2.75, 3.05) is 0 Å². The van der Waals surface area contributed by atoms with Gasteiger partial charge in [-0.05, 0) is 51.4 Å². The van der Waals surface area contributed by atoms with Crippen molar-refractivity contribution in [2.45, 2.75) is 17.3 Å². The quantitative estimate of drug-likeness (QED) is 0.445. The Bertz CT molecular complexity index is 1340. The molecular weight excluding hydrogens is 352 g/mol. The van der Waals surface area contributed by atoms with Crippen LogP contribution in [0.3, 0.4) is 0 Å². The topological polar surface area (TPSA) is 77.8 Å². The summed E-state index contributed by atoms with van der Waals surface area (Å²) in [6, 6.07) is 21.9. The van der Waals surface area contributed by atoms with E-state index in [1.54, 1.807) is 24.3 Å². The third kappa shape index (κ3) is 1.57. The highest BCUT2D eigenvalue weighted by atomic mass is 16.4. The summed E-state index contributed by atoms with van der Waals surface area (Å²) in [6.07, 6.45) is -1.41. The highest BCUT2D eigenvalue weighted by Gasteiger charge is 2.71. The van der Waals surface area contributed by atoms with Crippen LogP contribution in [0.25, 0.3) is 21.5 Å². The molecule has 0 amide bonds. The van der Waals surface area contributed by atoms with Gasteiger partial charge in [0, 0.05) is 16.7 Å². The Hall–Kier alpha value is -3.05. The van der Waals surface area contributed by atoms with E-state index >= 15 is 0 Å². The molecule has 0 aliphatic heterocycles. The van der Waals surface area contributed by atoms with Gasteiger partial charge < -0.3 is 15.3 Å². The zero-order valence-electron chi connectivity index (χ0n) is 14.8. The average molecular weight is 368 g/mol. The summed E-state index contributed by atoms with van der Waals surface area (Å²) in [7, 11) is 0. The maximum absolute atomic E-state index is 13.4. The van der Waals surface area contributed by atoms with Crippen LogP contribution < -0.4 is 0 Å². The maximum Gasteiger partial charge on any atom is 0.202 e. The third-order valence-corrected chi connectivity index (χ3v) is 6.42. The van der Waals surface area contributed by atoms with Crippen molar-refractivity contribution in [3.63, 3.8) is 0 Å². The van der Waals surface area contributed by atoms with E-state index in [0.29, 0.717) is 5.56 Å². The number of benzene rings is 4. The summed E-state index contributed by atoms with van der Waals surface area (Å²) in [5.74, 6) is -0.580. The third-order valence-electron chi connectivity index (χ3n) is 6.42. The molecule has 3 N–H and O–H groups in total. The number of Topliss-reactive ketones (excluding diaryl/α,β-unsaturated/α-hetero) is 1. The van der Waals surface area contributed by atoms with Gasteiger partial charge in [0.05, 0.1) is 0 Å². The van der Waals surface area contributed by atoms with Crippen molar-refractivity contribution < 1.29 is 20.1 Å². The summed E-state index contributed by atoms with van der Waals surface area (Å²) >= 11 is 0. The second kappa shape index (κ2) is 4.86. The van der Waals surface area contributed by atoms with E-state index in [1.165, 1.54) is 0 Å². The number of aliphatic hydroxyl groups excluding tert-OH is 1. The van der Waals surface area contributed by atoms with Crippen LogP contribution in [-0.2, 0) is 11.2 Å². The van der Waals surface area contributed by atoms with E-state index in [1.807, 2.05) is 48.5 Å². The lowest BCUT2D eigenvalue weighted by molar-refractivity contribution is -0.171. The molecule has 0 aromatic heterocycles. The Labute approximate surface area is 160 Å². The van der Waals surface area contributed by atoms with E-state index < -0.39 is 23.1 Å². The Kier molecular flexibility index (Phi) is 2.77. The molecule has 2 aliphatic carbocycles. The van der Waals surface area contributed by atoms with E-state index in [-0.39, 0.29) is 16.7 Å². The summed E-state index contributed by atoms with van der Waals surface area (Å²) in [5.41, 5.74) is -3.16. The first kappa shape index (κ1) is 16.0. The molecule has 2 aliphatic rings. The lowest BCUT2D eigenvalue weighted by Gasteiger charge is -2.33. The molecule has 0 unspecified atom stereocenters. The summed E-state index contributed by atoms with van der Waals surface area (Å²) in [4.78, 5) is 13.4. The zero-order chi connectivity index (χ0) is 19.3. The standard InChI is InChI=1S/C24H16O4/c25-21-17-9-13-5-1-3-7-15(13)11-19(17)23(27)22(26)18-10-14-6-2-4-8-16(14)12-20(18)24(21,23)28/h1-12,21,25,27-28H/t21-,23-,24-/m1/s1. The first-order valence-electron chi connectivity index (χ1n) is 9.20. The molecule has 0 radical (unpaired) electrons. The normalized spacial score (nSPS) is 27.8. The van der Waals surface area contributed by atoms with Crippen LogP contribution in [0.15, 0.2) is 72.8 Å². The van der Waals surface area contributed by atoms with Gasteiger partial charge in [0.1, 0.15) is 6.10 Å². The Morgan fingerprint density at radius 2 is 1.21 bits per heavy atom. The minimum absolute atomic E-state index is 0.251. The zero-order valence-corrected chi connectivity index (χ0v) is 14.8. The van der Waals surface area contributed by atoms with Gasteiger partial charge in [-0.15, -0.1) is 0 Å². The van der Waals surface area contributed by atoms with Crippen LogP contribution in [0.5, 0.6) is 0 Å². The van der Waals surface area contributed by atoms with Crippen LogP contribution in [0.4, 0.5) is 0 Å². The lowest BCUT2D eigenvalue weighted by atomic mass is 9.82. The molecule has 4 aromatic carbocycles. The van der Waals surface area contributed by atoms with Crippen molar-refractivity contribution >= 4 is 27.3 Å². The summed E-state index contributed by atoms with van der Waals surface area (Å²) in [6.45, 7) is 0. The maximum atomic E-state index is 13.4. The van der Waals surface area contributed by atoms with E-state index in [2.05, 4.69) is 0 Å². The van der Waals surface area contributed by atoms with Gasteiger partial charge in [-0.1, -0.05) is 48.5 Å². The molecule has 0 saturated heterocycles. The van der Waals surface area contributed by atoms with Crippen molar-refractivity contribution in [3.8, 4) is 0 Å². The minimum Gasteiger partial charge on any atom is -0.385 e. The largest absolute Gasteiger partial charge is 0.385 e. The predicted molar refractivity (Wildman–Crippen MR) is 105 cm³/mol.